The predicted molar refractivity (Wildman–Crippen MR) is 77.4 cm³/mol. The number of aliphatic hydroxyl groups is 1. The Morgan fingerprint density at radius 2 is 2.05 bits per heavy atom. The molecule has 0 amide bonds. The molecule has 102 valence electrons. The molecular formula is C16H19ClO2. The van der Waals surface area contributed by atoms with Crippen molar-refractivity contribution in [1.29, 1.82) is 0 Å². The maximum Gasteiger partial charge on any atom is 0.134 e. The summed E-state index contributed by atoms with van der Waals surface area (Å²) in [5.74, 6) is 0.681. The van der Waals surface area contributed by atoms with Crippen LogP contribution in [0.3, 0.4) is 0 Å². The fourth-order valence-electron chi connectivity index (χ4n) is 3.37. The average molecular weight is 279 g/mol. The van der Waals surface area contributed by atoms with Crippen molar-refractivity contribution in [3.8, 4) is 0 Å². The van der Waals surface area contributed by atoms with E-state index in [1.54, 1.807) is 0 Å². The highest BCUT2D eigenvalue weighted by Crippen LogP contribution is 2.50. The number of aliphatic hydroxyl groups excluding tert-OH is 1. The third-order valence-corrected chi connectivity index (χ3v) is 4.89. The summed E-state index contributed by atoms with van der Waals surface area (Å²) in [7, 11) is 0. The van der Waals surface area contributed by atoms with E-state index in [0.717, 1.165) is 30.2 Å². The Hall–Kier alpha value is -0.990. The zero-order chi connectivity index (χ0) is 13.5. The molecule has 2 aromatic rings. The van der Waals surface area contributed by atoms with Gasteiger partial charge in [0.25, 0.3) is 0 Å². The van der Waals surface area contributed by atoms with Crippen molar-refractivity contribution in [2.45, 2.75) is 45.1 Å². The first-order valence-electron chi connectivity index (χ1n) is 7.02. The van der Waals surface area contributed by atoms with Crippen molar-refractivity contribution in [2.75, 3.05) is 0 Å². The first-order valence-corrected chi connectivity index (χ1v) is 7.39. The number of halogens is 1. The molecule has 0 radical (unpaired) electrons. The fraction of sp³-hybridized carbons (Fsp3) is 0.500. The van der Waals surface area contributed by atoms with Gasteiger partial charge in [0, 0.05) is 15.8 Å². The topological polar surface area (TPSA) is 33.4 Å². The highest BCUT2D eigenvalue weighted by atomic mass is 35.5. The van der Waals surface area contributed by atoms with Crippen LogP contribution in [0, 0.1) is 5.41 Å². The van der Waals surface area contributed by atoms with Gasteiger partial charge in [0.05, 0.1) is 0 Å². The summed E-state index contributed by atoms with van der Waals surface area (Å²) in [5.41, 5.74) is 0.792. The van der Waals surface area contributed by atoms with Gasteiger partial charge in [-0.15, -0.1) is 0 Å². The fourth-order valence-corrected chi connectivity index (χ4v) is 3.55. The SMILES string of the molecule is CCC1(C(O)c2cc3cc(Cl)ccc3o2)CCCC1. The maximum absolute atomic E-state index is 10.7. The van der Waals surface area contributed by atoms with E-state index in [0.29, 0.717) is 10.8 Å². The molecule has 1 aromatic heterocycles. The van der Waals surface area contributed by atoms with Crippen LogP contribution in [0.25, 0.3) is 11.0 Å². The van der Waals surface area contributed by atoms with Gasteiger partial charge in [-0.2, -0.15) is 0 Å². The zero-order valence-electron chi connectivity index (χ0n) is 11.2. The lowest BCUT2D eigenvalue weighted by Gasteiger charge is -2.31. The second-order valence-electron chi connectivity index (χ2n) is 5.66. The predicted octanol–water partition coefficient (Wildman–Crippen LogP) is 5.09. The molecule has 1 unspecified atom stereocenters. The highest BCUT2D eigenvalue weighted by Gasteiger charge is 2.41. The normalized spacial score (nSPS) is 19.9. The van der Waals surface area contributed by atoms with Gasteiger partial charge in [0.15, 0.2) is 0 Å². The van der Waals surface area contributed by atoms with E-state index < -0.39 is 6.10 Å². The quantitative estimate of drug-likeness (QED) is 0.848. The standard InChI is InChI=1S/C16H19ClO2/c1-2-16(7-3-4-8-16)15(18)14-10-11-9-12(17)5-6-13(11)19-14/h5-6,9-10,15,18H,2-4,7-8H2,1H3. The van der Waals surface area contributed by atoms with Crippen molar-refractivity contribution in [1.82, 2.24) is 0 Å². The van der Waals surface area contributed by atoms with Crippen LogP contribution in [0.15, 0.2) is 28.7 Å². The Morgan fingerprint density at radius 1 is 1.32 bits per heavy atom. The first-order chi connectivity index (χ1) is 9.14. The molecule has 1 aliphatic carbocycles. The minimum atomic E-state index is -0.508. The first kappa shape index (κ1) is 13.0. The van der Waals surface area contributed by atoms with Crippen LogP contribution < -0.4 is 0 Å². The smallest absolute Gasteiger partial charge is 0.134 e. The largest absolute Gasteiger partial charge is 0.458 e. The summed E-state index contributed by atoms with van der Waals surface area (Å²) in [6.45, 7) is 2.16. The Bertz CT molecular complexity index is 581. The summed E-state index contributed by atoms with van der Waals surface area (Å²) < 4.78 is 5.82. The van der Waals surface area contributed by atoms with Crippen LogP contribution in [0.4, 0.5) is 0 Å². The third kappa shape index (κ3) is 2.17. The lowest BCUT2D eigenvalue weighted by Crippen LogP contribution is -2.24. The second kappa shape index (κ2) is 4.84. The summed E-state index contributed by atoms with van der Waals surface area (Å²) in [4.78, 5) is 0. The molecule has 1 aromatic carbocycles. The van der Waals surface area contributed by atoms with Crippen LogP contribution in [0.2, 0.25) is 5.02 Å². The van der Waals surface area contributed by atoms with Gasteiger partial charge in [0.1, 0.15) is 17.4 Å². The minimum Gasteiger partial charge on any atom is -0.458 e. The van der Waals surface area contributed by atoms with Crippen molar-refractivity contribution in [3.63, 3.8) is 0 Å². The Labute approximate surface area is 118 Å². The molecule has 3 heteroatoms. The molecule has 0 saturated heterocycles. The number of furan rings is 1. The van der Waals surface area contributed by atoms with Gasteiger partial charge < -0.3 is 9.52 Å². The van der Waals surface area contributed by atoms with Crippen LogP contribution in [0.5, 0.6) is 0 Å². The van der Waals surface area contributed by atoms with Gasteiger partial charge in [-0.25, -0.2) is 0 Å². The molecule has 1 atom stereocenters. The maximum atomic E-state index is 10.7. The molecule has 1 heterocycles. The van der Waals surface area contributed by atoms with Crippen molar-refractivity contribution < 1.29 is 9.52 Å². The minimum absolute atomic E-state index is 0.00231. The average Bonchev–Trinajstić information content (AvgIpc) is 3.04. The Kier molecular flexibility index (Phi) is 3.32. The number of fused-ring (bicyclic) bond motifs is 1. The Morgan fingerprint density at radius 3 is 2.74 bits per heavy atom. The number of hydrogen-bond acceptors (Lipinski definition) is 2. The van der Waals surface area contributed by atoms with Crippen LogP contribution in [-0.4, -0.2) is 5.11 Å². The van der Waals surface area contributed by atoms with Gasteiger partial charge in [0.2, 0.25) is 0 Å². The molecular weight excluding hydrogens is 260 g/mol. The lowest BCUT2D eigenvalue weighted by molar-refractivity contribution is 0.00878. The van der Waals surface area contributed by atoms with Crippen molar-refractivity contribution in [3.05, 3.63) is 35.0 Å². The molecule has 19 heavy (non-hydrogen) atoms. The summed E-state index contributed by atoms with van der Waals surface area (Å²) in [5, 5.41) is 12.4. The monoisotopic (exact) mass is 278 g/mol. The van der Waals surface area contributed by atoms with E-state index in [2.05, 4.69) is 6.92 Å². The van der Waals surface area contributed by atoms with E-state index in [-0.39, 0.29) is 5.41 Å². The van der Waals surface area contributed by atoms with E-state index in [1.165, 1.54) is 12.8 Å². The number of hydrogen-bond donors (Lipinski definition) is 1. The molecule has 3 rings (SSSR count). The molecule has 0 spiro atoms. The molecule has 0 bridgehead atoms. The summed E-state index contributed by atoms with van der Waals surface area (Å²) in [6.07, 6.45) is 5.07. The van der Waals surface area contributed by atoms with E-state index in [1.807, 2.05) is 24.3 Å². The van der Waals surface area contributed by atoms with E-state index >= 15 is 0 Å². The molecule has 1 aliphatic rings. The zero-order valence-corrected chi connectivity index (χ0v) is 11.9. The third-order valence-electron chi connectivity index (χ3n) is 4.65. The van der Waals surface area contributed by atoms with Crippen LogP contribution >= 0.6 is 11.6 Å². The molecule has 2 nitrogen and oxygen atoms in total. The van der Waals surface area contributed by atoms with Crippen LogP contribution in [0.1, 0.15) is 50.9 Å². The summed E-state index contributed by atoms with van der Waals surface area (Å²) >= 11 is 5.99. The van der Waals surface area contributed by atoms with Gasteiger partial charge in [-0.3, -0.25) is 0 Å². The van der Waals surface area contributed by atoms with Crippen molar-refractivity contribution >= 4 is 22.6 Å². The molecule has 1 fully saturated rings. The van der Waals surface area contributed by atoms with Gasteiger partial charge >= 0.3 is 0 Å². The van der Waals surface area contributed by atoms with Gasteiger partial charge in [-0.05, 0) is 43.5 Å². The number of benzene rings is 1. The molecule has 1 N–H and O–H groups in total. The van der Waals surface area contributed by atoms with Crippen LogP contribution in [-0.2, 0) is 0 Å². The number of rotatable bonds is 3. The molecule has 0 aliphatic heterocycles. The Balaban J connectivity index is 1.99. The van der Waals surface area contributed by atoms with Gasteiger partial charge in [-0.1, -0.05) is 31.4 Å². The lowest BCUT2D eigenvalue weighted by atomic mass is 9.77. The van der Waals surface area contributed by atoms with E-state index in [9.17, 15) is 5.11 Å². The van der Waals surface area contributed by atoms with E-state index in [4.69, 9.17) is 16.0 Å². The summed E-state index contributed by atoms with van der Waals surface area (Å²) in [6, 6.07) is 7.49. The van der Waals surface area contributed by atoms with Crippen molar-refractivity contribution in [2.24, 2.45) is 5.41 Å². The highest BCUT2D eigenvalue weighted by molar-refractivity contribution is 6.31. The second-order valence-corrected chi connectivity index (χ2v) is 6.09. The molecule has 1 saturated carbocycles.